The molecule has 1 aliphatic carbocycles. The van der Waals surface area contributed by atoms with Gasteiger partial charge in [-0.2, -0.15) is 0 Å². The van der Waals surface area contributed by atoms with Crippen LogP contribution >= 0.6 is 0 Å². The molecule has 4 heteroatoms. The maximum Gasteiger partial charge on any atom is 0.252 e. The number of methoxy groups -OCH3 is 1. The predicted molar refractivity (Wildman–Crippen MR) is 43.4 cm³/mol. The fourth-order valence-corrected chi connectivity index (χ4v) is 1.28. The van der Waals surface area contributed by atoms with Crippen molar-refractivity contribution in [3.8, 4) is 0 Å². The molecule has 1 atom stereocenters. The van der Waals surface area contributed by atoms with E-state index in [1.54, 1.807) is 0 Å². The van der Waals surface area contributed by atoms with Crippen LogP contribution in [0.15, 0.2) is 0 Å². The van der Waals surface area contributed by atoms with Gasteiger partial charge >= 0.3 is 0 Å². The smallest absolute Gasteiger partial charge is 0.252 e. The van der Waals surface area contributed by atoms with Gasteiger partial charge < -0.3 is 15.6 Å². The summed E-state index contributed by atoms with van der Waals surface area (Å²) in [7, 11) is 1.41. The van der Waals surface area contributed by atoms with Crippen LogP contribution in [0, 0.1) is 5.92 Å². The van der Waals surface area contributed by atoms with E-state index in [2.05, 4.69) is 0 Å². The number of carbonyl (C=O) groups excluding carboxylic acids is 1. The van der Waals surface area contributed by atoms with E-state index in [1.165, 1.54) is 7.11 Å². The summed E-state index contributed by atoms with van der Waals surface area (Å²) in [5.41, 5.74) is 4.01. The fraction of sp³-hybridized carbons (Fsp3) is 0.875. The van der Waals surface area contributed by atoms with Crippen LogP contribution < -0.4 is 5.73 Å². The number of rotatable bonds is 5. The SMILES string of the molecule is COC(CO)(CC1CC1)C(N)=O. The molecule has 1 rings (SSSR count). The molecular formula is C8H15NO3. The topological polar surface area (TPSA) is 72.6 Å². The average molecular weight is 173 g/mol. The molecule has 0 bridgehead atoms. The number of hydrogen-bond donors (Lipinski definition) is 2. The van der Waals surface area contributed by atoms with E-state index in [-0.39, 0.29) is 6.61 Å². The van der Waals surface area contributed by atoms with Crippen LogP contribution in [0.25, 0.3) is 0 Å². The molecule has 0 aromatic carbocycles. The number of ether oxygens (including phenoxy) is 1. The highest BCUT2D eigenvalue weighted by atomic mass is 16.5. The number of primary amides is 1. The minimum atomic E-state index is -1.14. The molecule has 0 aliphatic heterocycles. The minimum Gasteiger partial charge on any atom is -0.393 e. The Labute approximate surface area is 71.7 Å². The first-order valence-electron chi connectivity index (χ1n) is 4.10. The first-order valence-corrected chi connectivity index (χ1v) is 4.10. The van der Waals surface area contributed by atoms with Crippen molar-refractivity contribution in [2.45, 2.75) is 24.9 Å². The molecule has 0 aromatic heterocycles. The van der Waals surface area contributed by atoms with Gasteiger partial charge in [0.15, 0.2) is 5.60 Å². The Morgan fingerprint density at radius 3 is 2.58 bits per heavy atom. The molecule has 1 amide bonds. The number of nitrogens with two attached hydrogens (primary N) is 1. The summed E-state index contributed by atoms with van der Waals surface area (Å²) in [4.78, 5) is 11.0. The maximum absolute atomic E-state index is 11.0. The normalized spacial score (nSPS) is 21.8. The van der Waals surface area contributed by atoms with E-state index < -0.39 is 11.5 Å². The molecule has 0 aromatic rings. The van der Waals surface area contributed by atoms with E-state index in [0.717, 1.165) is 12.8 Å². The Morgan fingerprint density at radius 2 is 2.33 bits per heavy atom. The molecule has 0 heterocycles. The first-order chi connectivity index (χ1) is 5.64. The molecule has 70 valence electrons. The number of hydrogen-bond acceptors (Lipinski definition) is 3. The number of carbonyl (C=O) groups is 1. The Kier molecular flexibility index (Phi) is 2.69. The van der Waals surface area contributed by atoms with Crippen molar-refractivity contribution in [2.75, 3.05) is 13.7 Å². The van der Waals surface area contributed by atoms with Crippen LogP contribution in [0.3, 0.4) is 0 Å². The number of aliphatic hydroxyl groups excluding tert-OH is 1. The van der Waals surface area contributed by atoms with E-state index in [9.17, 15) is 4.79 Å². The van der Waals surface area contributed by atoms with Crippen LogP contribution in [-0.2, 0) is 9.53 Å². The summed E-state index contributed by atoms with van der Waals surface area (Å²) < 4.78 is 4.97. The van der Waals surface area contributed by atoms with Crippen molar-refractivity contribution in [2.24, 2.45) is 11.7 Å². The van der Waals surface area contributed by atoms with Gasteiger partial charge in [-0.05, 0) is 12.3 Å². The van der Waals surface area contributed by atoms with E-state index in [4.69, 9.17) is 15.6 Å². The lowest BCUT2D eigenvalue weighted by Crippen LogP contribution is -2.49. The predicted octanol–water partition coefficient (Wildman–Crippen LogP) is -0.351. The zero-order valence-corrected chi connectivity index (χ0v) is 7.25. The van der Waals surface area contributed by atoms with Crippen LogP contribution in [0.4, 0.5) is 0 Å². The Morgan fingerprint density at radius 1 is 1.75 bits per heavy atom. The van der Waals surface area contributed by atoms with Crippen molar-refractivity contribution < 1.29 is 14.6 Å². The third kappa shape index (κ3) is 1.76. The second-order valence-corrected chi connectivity index (χ2v) is 3.37. The largest absolute Gasteiger partial charge is 0.393 e. The van der Waals surface area contributed by atoms with Gasteiger partial charge in [-0.15, -0.1) is 0 Å². The summed E-state index contributed by atoms with van der Waals surface area (Å²) in [6.07, 6.45) is 2.77. The zero-order valence-electron chi connectivity index (χ0n) is 7.25. The summed E-state index contributed by atoms with van der Waals surface area (Å²) >= 11 is 0. The highest BCUT2D eigenvalue weighted by Gasteiger charge is 2.41. The van der Waals surface area contributed by atoms with Crippen LogP contribution in [0.2, 0.25) is 0 Å². The lowest BCUT2D eigenvalue weighted by molar-refractivity contribution is -0.146. The number of amides is 1. The second-order valence-electron chi connectivity index (χ2n) is 3.37. The molecule has 12 heavy (non-hydrogen) atoms. The van der Waals surface area contributed by atoms with Crippen LogP contribution in [-0.4, -0.2) is 30.3 Å². The molecule has 3 N–H and O–H groups in total. The van der Waals surface area contributed by atoms with Gasteiger partial charge in [-0.1, -0.05) is 12.8 Å². The van der Waals surface area contributed by atoms with Crippen LogP contribution in [0.1, 0.15) is 19.3 Å². The van der Waals surface area contributed by atoms with Crippen molar-refractivity contribution in [1.29, 1.82) is 0 Å². The van der Waals surface area contributed by atoms with Crippen molar-refractivity contribution >= 4 is 5.91 Å². The lowest BCUT2D eigenvalue weighted by Gasteiger charge is -2.26. The molecule has 0 radical (unpaired) electrons. The van der Waals surface area contributed by atoms with Gasteiger partial charge in [0.1, 0.15) is 0 Å². The Bertz CT molecular complexity index is 173. The van der Waals surface area contributed by atoms with Gasteiger partial charge in [0.05, 0.1) is 6.61 Å². The number of aliphatic hydroxyl groups is 1. The molecule has 1 saturated carbocycles. The molecule has 1 aliphatic rings. The van der Waals surface area contributed by atoms with E-state index in [0.29, 0.717) is 12.3 Å². The minimum absolute atomic E-state index is 0.324. The summed E-state index contributed by atoms with van der Waals surface area (Å²) in [6.45, 7) is -0.324. The van der Waals surface area contributed by atoms with Gasteiger partial charge in [-0.3, -0.25) is 4.79 Å². The van der Waals surface area contributed by atoms with Crippen molar-refractivity contribution in [3.05, 3.63) is 0 Å². The Balaban J connectivity index is 2.60. The molecular weight excluding hydrogens is 158 g/mol. The van der Waals surface area contributed by atoms with Crippen molar-refractivity contribution in [1.82, 2.24) is 0 Å². The molecule has 1 unspecified atom stereocenters. The fourth-order valence-electron chi connectivity index (χ4n) is 1.28. The highest BCUT2D eigenvalue weighted by molar-refractivity contribution is 5.83. The van der Waals surface area contributed by atoms with Gasteiger partial charge in [0.2, 0.25) is 0 Å². The van der Waals surface area contributed by atoms with E-state index >= 15 is 0 Å². The summed E-state index contributed by atoms with van der Waals surface area (Å²) in [5, 5.41) is 9.00. The molecule has 0 saturated heterocycles. The average Bonchev–Trinajstić information content (AvgIpc) is 2.83. The molecule has 4 nitrogen and oxygen atoms in total. The van der Waals surface area contributed by atoms with Gasteiger partial charge in [0.25, 0.3) is 5.91 Å². The molecule has 1 fully saturated rings. The standard InChI is InChI=1S/C8H15NO3/c1-12-8(5-10,7(9)11)4-6-2-3-6/h6,10H,2-5H2,1H3,(H2,9,11). The van der Waals surface area contributed by atoms with Gasteiger partial charge in [-0.25, -0.2) is 0 Å². The first kappa shape index (κ1) is 9.48. The van der Waals surface area contributed by atoms with E-state index in [1.807, 2.05) is 0 Å². The third-order valence-corrected chi connectivity index (χ3v) is 2.41. The zero-order chi connectivity index (χ0) is 9.19. The monoisotopic (exact) mass is 173 g/mol. The van der Waals surface area contributed by atoms with Crippen molar-refractivity contribution in [3.63, 3.8) is 0 Å². The summed E-state index contributed by atoms with van der Waals surface area (Å²) in [6, 6.07) is 0. The maximum atomic E-state index is 11.0. The highest BCUT2D eigenvalue weighted by Crippen LogP contribution is 2.37. The van der Waals surface area contributed by atoms with Crippen LogP contribution in [0.5, 0.6) is 0 Å². The lowest BCUT2D eigenvalue weighted by atomic mass is 9.97. The molecule has 0 spiro atoms. The summed E-state index contributed by atoms with van der Waals surface area (Å²) in [5.74, 6) is -0.0657. The quantitative estimate of drug-likeness (QED) is 0.596. The third-order valence-electron chi connectivity index (χ3n) is 2.41. The second kappa shape index (κ2) is 3.41. The Hall–Kier alpha value is -0.610. The van der Waals surface area contributed by atoms with Gasteiger partial charge in [0, 0.05) is 7.11 Å².